The molecule has 0 aliphatic carbocycles. The van der Waals surface area contributed by atoms with Crippen LogP contribution in [0.1, 0.15) is 13.8 Å². The van der Waals surface area contributed by atoms with Gasteiger partial charge in [0, 0.05) is 22.6 Å². The lowest BCUT2D eigenvalue weighted by atomic mass is 10.2. The minimum absolute atomic E-state index is 0.244. The Hall–Kier alpha value is -2.52. The number of hydrogen-bond donors (Lipinski definition) is 0. The van der Waals surface area contributed by atoms with Crippen LogP contribution in [-0.2, 0) is 23.3 Å². The molecule has 172 valence electrons. The molecule has 0 amide bonds. The predicted octanol–water partition coefficient (Wildman–Crippen LogP) is 4.33. The summed E-state index contributed by atoms with van der Waals surface area (Å²) in [6.45, 7) is 3.98. The van der Waals surface area contributed by atoms with Crippen LogP contribution in [0.15, 0.2) is 52.0 Å². The molecule has 0 bridgehead atoms. The SMILES string of the molecule is CCOP(=O)(OCC)c1ccc(S(C)(=O)=Nc2ncnc3cc(OC)c(OC)cc23)cc1. The molecule has 0 spiro atoms. The minimum Gasteiger partial charge on any atom is -0.493 e. The lowest BCUT2D eigenvalue weighted by Gasteiger charge is -2.17. The monoisotopic (exact) mass is 479 g/mol. The largest absolute Gasteiger partial charge is 0.493 e. The van der Waals surface area contributed by atoms with E-state index in [2.05, 4.69) is 14.3 Å². The van der Waals surface area contributed by atoms with Gasteiger partial charge in [-0.2, -0.15) is 4.36 Å². The highest BCUT2D eigenvalue weighted by atomic mass is 32.2. The first-order valence-corrected chi connectivity index (χ1v) is 13.3. The van der Waals surface area contributed by atoms with Gasteiger partial charge in [0.2, 0.25) is 0 Å². The Balaban J connectivity index is 2.06. The third-order valence-corrected chi connectivity index (χ3v) is 8.36. The highest BCUT2D eigenvalue weighted by Crippen LogP contribution is 2.46. The van der Waals surface area contributed by atoms with Crippen LogP contribution in [0.3, 0.4) is 0 Å². The molecule has 1 unspecified atom stereocenters. The number of ether oxygens (including phenoxy) is 2. The van der Waals surface area contributed by atoms with Crippen molar-refractivity contribution in [2.45, 2.75) is 18.7 Å². The van der Waals surface area contributed by atoms with E-state index < -0.39 is 17.3 Å². The molecule has 0 saturated heterocycles. The zero-order chi connectivity index (χ0) is 23.4. The minimum atomic E-state index is -3.43. The topological polar surface area (TPSA) is 109 Å². The van der Waals surface area contributed by atoms with Gasteiger partial charge in [0.05, 0.1) is 48.0 Å². The number of methoxy groups -OCH3 is 2. The second-order valence-corrected chi connectivity index (χ2v) is 10.9. The maximum Gasteiger partial charge on any atom is 0.361 e. The number of aromatic nitrogens is 2. The molecule has 3 rings (SSSR count). The molecule has 1 heterocycles. The Morgan fingerprint density at radius 1 is 0.969 bits per heavy atom. The van der Waals surface area contributed by atoms with Crippen LogP contribution in [-0.4, -0.2) is 47.9 Å². The third kappa shape index (κ3) is 4.94. The number of hydrogen-bond acceptors (Lipinski definition) is 9. The van der Waals surface area contributed by atoms with Gasteiger partial charge in [-0.3, -0.25) is 4.57 Å². The number of benzene rings is 2. The average molecular weight is 479 g/mol. The fourth-order valence-corrected chi connectivity index (χ4v) is 5.86. The van der Waals surface area contributed by atoms with Crippen LogP contribution in [0.25, 0.3) is 10.9 Å². The summed E-state index contributed by atoms with van der Waals surface area (Å²) in [5.41, 5.74) is 0.580. The zero-order valence-corrected chi connectivity index (χ0v) is 20.3. The molecule has 32 heavy (non-hydrogen) atoms. The summed E-state index contributed by atoms with van der Waals surface area (Å²) < 4.78 is 52.3. The molecule has 1 atom stereocenters. The maximum atomic E-state index is 13.5. The van der Waals surface area contributed by atoms with Crippen molar-refractivity contribution in [1.29, 1.82) is 0 Å². The first-order chi connectivity index (χ1) is 15.3. The van der Waals surface area contributed by atoms with Gasteiger partial charge >= 0.3 is 7.60 Å². The lowest BCUT2D eigenvalue weighted by molar-refractivity contribution is 0.230. The molecule has 1 aromatic heterocycles. The third-order valence-electron chi connectivity index (χ3n) is 4.57. The van der Waals surface area contributed by atoms with Gasteiger partial charge in [-0.15, -0.1) is 0 Å². The molecule has 9 nitrogen and oxygen atoms in total. The normalized spacial score (nSPS) is 13.5. The molecule has 2 aromatic carbocycles. The molecular formula is C21H26N3O6PS. The van der Waals surface area contributed by atoms with Gasteiger partial charge in [-0.05, 0) is 44.2 Å². The summed E-state index contributed by atoms with van der Waals surface area (Å²) >= 11 is 0. The molecule has 3 aromatic rings. The summed E-state index contributed by atoms with van der Waals surface area (Å²) in [6, 6.07) is 9.81. The van der Waals surface area contributed by atoms with Crippen molar-refractivity contribution in [1.82, 2.24) is 9.97 Å². The summed E-state index contributed by atoms with van der Waals surface area (Å²) in [7, 11) is -3.25. The van der Waals surface area contributed by atoms with E-state index in [1.54, 1.807) is 50.2 Å². The summed E-state index contributed by atoms with van der Waals surface area (Å²) in [5, 5.41) is 0.970. The molecule has 11 heteroatoms. The second kappa shape index (κ2) is 9.95. The summed E-state index contributed by atoms with van der Waals surface area (Å²) in [4.78, 5) is 8.91. The van der Waals surface area contributed by atoms with Crippen molar-refractivity contribution in [2.24, 2.45) is 4.36 Å². The fraction of sp³-hybridized carbons (Fsp3) is 0.333. The first-order valence-electron chi connectivity index (χ1n) is 9.86. The summed E-state index contributed by atoms with van der Waals surface area (Å²) in [6.07, 6.45) is 2.87. The van der Waals surface area contributed by atoms with E-state index in [9.17, 15) is 8.77 Å². The van der Waals surface area contributed by atoms with Crippen LogP contribution in [0.4, 0.5) is 5.82 Å². The molecule has 0 aliphatic rings. The van der Waals surface area contributed by atoms with Crippen molar-refractivity contribution in [3.8, 4) is 11.5 Å². The Morgan fingerprint density at radius 2 is 1.56 bits per heavy atom. The van der Waals surface area contributed by atoms with Gasteiger partial charge in [0.25, 0.3) is 0 Å². The molecule has 0 saturated carbocycles. The van der Waals surface area contributed by atoms with Crippen LogP contribution < -0.4 is 14.8 Å². The van der Waals surface area contributed by atoms with Gasteiger partial charge in [0.1, 0.15) is 6.33 Å². The molecule has 0 fully saturated rings. The Bertz CT molecular complexity index is 1260. The molecule has 0 N–H and O–H groups in total. The van der Waals surface area contributed by atoms with Gasteiger partial charge < -0.3 is 18.5 Å². The van der Waals surface area contributed by atoms with E-state index in [0.29, 0.717) is 32.6 Å². The van der Waals surface area contributed by atoms with Crippen molar-refractivity contribution < 1.29 is 27.3 Å². The van der Waals surface area contributed by atoms with Crippen LogP contribution in [0, 0.1) is 0 Å². The van der Waals surface area contributed by atoms with E-state index >= 15 is 0 Å². The van der Waals surface area contributed by atoms with E-state index in [4.69, 9.17) is 18.5 Å². The van der Waals surface area contributed by atoms with Crippen LogP contribution in [0.5, 0.6) is 11.5 Å². The Labute approximate surface area is 187 Å². The predicted molar refractivity (Wildman–Crippen MR) is 124 cm³/mol. The second-order valence-electron chi connectivity index (χ2n) is 6.64. The molecular weight excluding hydrogens is 453 g/mol. The maximum absolute atomic E-state index is 13.5. The van der Waals surface area contributed by atoms with Crippen LogP contribution >= 0.6 is 7.60 Å². The number of rotatable bonds is 9. The average Bonchev–Trinajstić information content (AvgIpc) is 2.78. The van der Waals surface area contributed by atoms with Gasteiger partial charge in [-0.1, -0.05) is 0 Å². The Morgan fingerprint density at radius 3 is 2.12 bits per heavy atom. The van der Waals surface area contributed by atoms with Crippen LogP contribution in [0.2, 0.25) is 0 Å². The highest BCUT2D eigenvalue weighted by Gasteiger charge is 2.26. The fourth-order valence-electron chi connectivity index (χ4n) is 3.07. The van der Waals surface area contributed by atoms with E-state index in [-0.39, 0.29) is 19.0 Å². The zero-order valence-electron chi connectivity index (χ0n) is 18.6. The number of nitrogens with zero attached hydrogens (tertiary/aromatic N) is 3. The molecule has 0 aliphatic heterocycles. The van der Waals surface area contributed by atoms with Crippen molar-refractivity contribution in [3.63, 3.8) is 0 Å². The highest BCUT2D eigenvalue weighted by molar-refractivity contribution is 7.93. The van der Waals surface area contributed by atoms with Crippen molar-refractivity contribution >= 4 is 39.4 Å². The Kier molecular flexibility index (Phi) is 7.51. The van der Waals surface area contributed by atoms with E-state index in [1.807, 2.05) is 0 Å². The first kappa shape index (κ1) is 24.1. The van der Waals surface area contributed by atoms with Crippen molar-refractivity contribution in [3.05, 3.63) is 42.7 Å². The van der Waals surface area contributed by atoms with Gasteiger partial charge in [-0.25, -0.2) is 14.2 Å². The quantitative estimate of drug-likeness (QED) is 0.417. The van der Waals surface area contributed by atoms with E-state index in [0.717, 1.165) is 0 Å². The smallest absolute Gasteiger partial charge is 0.361 e. The standard InChI is InChI=1S/C21H26N3O6PS/c1-6-29-31(25,30-7-2)15-8-10-16(11-9-15)32(5,26)24-21-17-12-19(27-3)20(28-4)13-18(17)22-14-23-21/h8-14H,6-7H2,1-5H3. The lowest BCUT2D eigenvalue weighted by Crippen LogP contribution is -2.11. The summed E-state index contributed by atoms with van der Waals surface area (Å²) in [5.74, 6) is 1.27. The van der Waals surface area contributed by atoms with Crippen molar-refractivity contribution in [2.75, 3.05) is 33.7 Å². The molecule has 0 radical (unpaired) electrons. The van der Waals surface area contributed by atoms with Gasteiger partial charge in [0.15, 0.2) is 17.3 Å². The van der Waals surface area contributed by atoms with E-state index in [1.165, 1.54) is 26.8 Å². The number of fused-ring (bicyclic) bond motifs is 1.